The molecule has 0 aliphatic rings. The van der Waals surface area contributed by atoms with Gasteiger partial charge in [0.2, 0.25) is 6.29 Å². The van der Waals surface area contributed by atoms with Gasteiger partial charge in [-0.25, -0.2) is 0 Å². The Kier molecular flexibility index (Phi) is 3.05. The zero-order chi connectivity index (χ0) is 8.27. The van der Waals surface area contributed by atoms with E-state index in [0.717, 1.165) is 4.47 Å². The maximum Gasteiger partial charge on any atom is 0.218 e. The fourth-order valence-corrected chi connectivity index (χ4v) is 1.26. The highest BCUT2D eigenvalue weighted by molar-refractivity contribution is 9.10. The molecule has 0 fully saturated rings. The van der Waals surface area contributed by atoms with E-state index in [9.17, 15) is 5.11 Å². The van der Waals surface area contributed by atoms with Crippen molar-refractivity contribution in [1.82, 2.24) is 0 Å². The second kappa shape index (κ2) is 3.85. The molecule has 1 rings (SSSR count). The summed E-state index contributed by atoms with van der Waals surface area (Å²) in [5.74, 6) is 0. The van der Waals surface area contributed by atoms with Gasteiger partial charge in [0.1, 0.15) is 0 Å². The Morgan fingerprint density at radius 2 is 2.09 bits per heavy atom. The molecular formula is C8H8BrO2. The first kappa shape index (κ1) is 8.71. The average molecular weight is 216 g/mol. The fraction of sp³-hybridized carbons (Fsp3) is 0.250. The minimum absolute atomic E-state index is 0.634. The van der Waals surface area contributed by atoms with Gasteiger partial charge in [-0.3, -0.25) is 0 Å². The summed E-state index contributed by atoms with van der Waals surface area (Å²) < 4.78 is 5.42. The van der Waals surface area contributed by atoms with Crippen LogP contribution in [0.2, 0.25) is 0 Å². The Bertz CT molecular complexity index is 237. The number of benzene rings is 1. The molecule has 0 aromatic heterocycles. The van der Waals surface area contributed by atoms with Crippen LogP contribution in [0.5, 0.6) is 0 Å². The Balaban J connectivity index is 2.93. The van der Waals surface area contributed by atoms with Gasteiger partial charge in [0.15, 0.2) is 0 Å². The van der Waals surface area contributed by atoms with Gasteiger partial charge >= 0.3 is 0 Å². The van der Waals surface area contributed by atoms with E-state index in [0.29, 0.717) is 5.56 Å². The molecule has 0 aliphatic carbocycles. The van der Waals surface area contributed by atoms with Crippen molar-refractivity contribution >= 4 is 15.9 Å². The van der Waals surface area contributed by atoms with Crippen LogP contribution in [0.25, 0.3) is 0 Å². The smallest absolute Gasteiger partial charge is 0.218 e. The van der Waals surface area contributed by atoms with Crippen molar-refractivity contribution in [3.63, 3.8) is 0 Å². The molecule has 1 unspecified atom stereocenters. The maximum absolute atomic E-state index is 11.1. The summed E-state index contributed by atoms with van der Waals surface area (Å²) in [4.78, 5) is 0. The van der Waals surface area contributed by atoms with Crippen LogP contribution >= 0.6 is 15.9 Å². The van der Waals surface area contributed by atoms with Gasteiger partial charge in [-0.2, -0.15) is 5.11 Å². The number of ether oxygens (including phenoxy) is 1. The zero-order valence-corrected chi connectivity index (χ0v) is 7.67. The third kappa shape index (κ3) is 2.02. The summed E-state index contributed by atoms with van der Waals surface area (Å²) in [7, 11) is 1.40. The molecule has 59 valence electrons. The Labute approximate surface area is 73.9 Å². The summed E-state index contributed by atoms with van der Waals surface area (Å²) in [6, 6.07) is 7.23. The van der Waals surface area contributed by atoms with E-state index in [1.807, 2.05) is 18.2 Å². The predicted molar refractivity (Wildman–Crippen MR) is 44.6 cm³/mol. The molecule has 1 aromatic rings. The summed E-state index contributed by atoms with van der Waals surface area (Å²) in [5, 5.41) is 11.1. The normalized spacial score (nSPS) is 13.0. The lowest BCUT2D eigenvalue weighted by molar-refractivity contribution is -0.123. The summed E-state index contributed by atoms with van der Waals surface area (Å²) in [6.45, 7) is 0. The molecule has 0 saturated heterocycles. The van der Waals surface area contributed by atoms with Gasteiger partial charge in [0.25, 0.3) is 0 Å². The first-order chi connectivity index (χ1) is 5.25. The number of hydrogen-bond donors (Lipinski definition) is 0. The number of rotatable bonds is 2. The molecule has 0 spiro atoms. The van der Waals surface area contributed by atoms with Crippen molar-refractivity contribution in [2.75, 3.05) is 7.11 Å². The van der Waals surface area contributed by atoms with Crippen LogP contribution in [-0.2, 0) is 9.84 Å². The minimum atomic E-state index is -1.09. The van der Waals surface area contributed by atoms with E-state index in [-0.39, 0.29) is 0 Å². The van der Waals surface area contributed by atoms with E-state index < -0.39 is 6.29 Å². The van der Waals surface area contributed by atoms with Crippen LogP contribution in [-0.4, -0.2) is 7.11 Å². The van der Waals surface area contributed by atoms with Crippen LogP contribution in [0.4, 0.5) is 0 Å². The van der Waals surface area contributed by atoms with Crippen molar-refractivity contribution in [2.45, 2.75) is 6.29 Å². The minimum Gasteiger partial charge on any atom is -0.349 e. The van der Waals surface area contributed by atoms with E-state index in [1.165, 1.54) is 7.11 Å². The van der Waals surface area contributed by atoms with Gasteiger partial charge in [0, 0.05) is 17.1 Å². The van der Waals surface area contributed by atoms with Crippen molar-refractivity contribution in [3.8, 4) is 0 Å². The van der Waals surface area contributed by atoms with Gasteiger partial charge in [-0.1, -0.05) is 34.1 Å². The second-order valence-corrected chi connectivity index (χ2v) is 2.94. The standard InChI is InChI=1S/C8H8BrO2/c1-11-8(10)6-4-2-3-5-7(6)9/h2-5,8H,1H3. The SMILES string of the molecule is COC([O])c1ccccc1Br. The lowest BCUT2D eigenvalue weighted by Crippen LogP contribution is -1.97. The largest absolute Gasteiger partial charge is 0.349 e. The molecule has 0 bridgehead atoms. The molecule has 0 amide bonds. The Hall–Kier alpha value is -0.380. The molecule has 2 nitrogen and oxygen atoms in total. The van der Waals surface area contributed by atoms with Crippen molar-refractivity contribution in [1.29, 1.82) is 0 Å². The second-order valence-electron chi connectivity index (χ2n) is 2.09. The lowest BCUT2D eigenvalue weighted by atomic mass is 10.2. The molecule has 0 saturated carbocycles. The number of halogens is 1. The van der Waals surface area contributed by atoms with E-state index in [2.05, 4.69) is 20.7 Å². The quantitative estimate of drug-likeness (QED) is 0.698. The highest BCUT2D eigenvalue weighted by Gasteiger charge is 2.09. The number of methoxy groups -OCH3 is 1. The molecule has 1 radical (unpaired) electrons. The molecule has 11 heavy (non-hydrogen) atoms. The van der Waals surface area contributed by atoms with Crippen LogP contribution in [0.15, 0.2) is 28.7 Å². The van der Waals surface area contributed by atoms with E-state index >= 15 is 0 Å². The van der Waals surface area contributed by atoms with Crippen LogP contribution in [0.3, 0.4) is 0 Å². The third-order valence-corrected chi connectivity index (χ3v) is 2.10. The molecule has 0 heterocycles. The molecule has 1 atom stereocenters. The molecule has 0 N–H and O–H groups in total. The van der Waals surface area contributed by atoms with E-state index in [1.54, 1.807) is 6.07 Å². The Morgan fingerprint density at radius 3 is 2.64 bits per heavy atom. The topological polar surface area (TPSA) is 29.1 Å². The maximum atomic E-state index is 11.1. The molecule has 0 aliphatic heterocycles. The predicted octanol–water partition coefficient (Wildman–Crippen LogP) is 2.52. The van der Waals surface area contributed by atoms with Gasteiger partial charge in [0.05, 0.1) is 0 Å². The Morgan fingerprint density at radius 1 is 1.45 bits per heavy atom. The van der Waals surface area contributed by atoms with Crippen molar-refractivity contribution < 1.29 is 9.84 Å². The van der Waals surface area contributed by atoms with Crippen LogP contribution < -0.4 is 0 Å². The summed E-state index contributed by atoms with van der Waals surface area (Å²) in [6.07, 6.45) is -1.09. The summed E-state index contributed by atoms with van der Waals surface area (Å²) in [5.41, 5.74) is 0.634. The molecule has 3 heteroatoms. The highest BCUT2D eigenvalue weighted by Crippen LogP contribution is 2.23. The van der Waals surface area contributed by atoms with Gasteiger partial charge < -0.3 is 4.74 Å². The number of hydrogen-bond acceptors (Lipinski definition) is 1. The molecule has 1 aromatic carbocycles. The monoisotopic (exact) mass is 215 g/mol. The third-order valence-electron chi connectivity index (χ3n) is 1.37. The van der Waals surface area contributed by atoms with Crippen molar-refractivity contribution in [3.05, 3.63) is 34.3 Å². The fourth-order valence-electron chi connectivity index (χ4n) is 0.793. The van der Waals surface area contributed by atoms with Gasteiger partial charge in [-0.05, 0) is 6.07 Å². The lowest BCUT2D eigenvalue weighted by Gasteiger charge is -2.07. The summed E-state index contributed by atoms with van der Waals surface area (Å²) >= 11 is 3.26. The van der Waals surface area contributed by atoms with E-state index in [4.69, 9.17) is 0 Å². The van der Waals surface area contributed by atoms with Crippen LogP contribution in [0, 0.1) is 0 Å². The van der Waals surface area contributed by atoms with Crippen LogP contribution in [0.1, 0.15) is 11.9 Å². The van der Waals surface area contributed by atoms with Gasteiger partial charge in [-0.15, -0.1) is 0 Å². The first-order valence-electron chi connectivity index (χ1n) is 3.18. The van der Waals surface area contributed by atoms with Crippen molar-refractivity contribution in [2.24, 2.45) is 0 Å². The first-order valence-corrected chi connectivity index (χ1v) is 3.98. The average Bonchev–Trinajstić information content (AvgIpc) is 2.04. The highest BCUT2D eigenvalue weighted by atomic mass is 79.9. The zero-order valence-electron chi connectivity index (χ0n) is 6.08. The molecular weight excluding hydrogens is 208 g/mol.